The van der Waals surface area contributed by atoms with Crippen LogP contribution in [0.3, 0.4) is 0 Å². The van der Waals surface area contributed by atoms with Crippen LogP contribution in [0, 0.1) is 5.82 Å². The van der Waals surface area contributed by atoms with Crippen LogP contribution >= 0.6 is 0 Å². The van der Waals surface area contributed by atoms with Crippen LogP contribution in [0.1, 0.15) is 45.1 Å². The first-order valence-corrected chi connectivity index (χ1v) is 9.07. The number of nitrogens with one attached hydrogen (secondary N) is 2. The number of hydrogen-bond donors (Lipinski definition) is 2. The summed E-state index contributed by atoms with van der Waals surface area (Å²) in [5.41, 5.74) is 0.698. The van der Waals surface area contributed by atoms with Crippen molar-refractivity contribution in [2.45, 2.75) is 44.9 Å². The molecular formula is C19H30FN3O. The molecule has 0 saturated heterocycles. The van der Waals surface area contributed by atoms with Gasteiger partial charge in [-0.05, 0) is 51.2 Å². The van der Waals surface area contributed by atoms with Crippen molar-refractivity contribution in [2.75, 3.05) is 32.8 Å². The summed E-state index contributed by atoms with van der Waals surface area (Å²) in [5.74, 6) is 0.704. The van der Waals surface area contributed by atoms with Crippen molar-refractivity contribution in [2.24, 2.45) is 4.99 Å². The minimum atomic E-state index is -0.112. The van der Waals surface area contributed by atoms with Crippen molar-refractivity contribution in [1.29, 1.82) is 0 Å². The SMILES string of the molecule is CCNC(=NCC1(c2ccccc2F)CC1)NCCCCOCC. The average molecular weight is 335 g/mol. The van der Waals surface area contributed by atoms with Gasteiger partial charge in [0.15, 0.2) is 5.96 Å². The Kier molecular flexibility index (Phi) is 7.50. The summed E-state index contributed by atoms with van der Waals surface area (Å²) in [6.45, 7) is 7.96. The molecule has 0 atom stereocenters. The fourth-order valence-corrected chi connectivity index (χ4v) is 2.81. The molecule has 0 spiro atoms. The summed E-state index contributed by atoms with van der Waals surface area (Å²) in [5, 5.41) is 6.62. The van der Waals surface area contributed by atoms with Gasteiger partial charge in [-0.25, -0.2) is 4.39 Å². The number of halogens is 1. The van der Waals surface area contributed by atoms with E-state index >= 15 is 0 Å². The predicted octanol–water partition coefficient (Wildman–Crippen LogP) is 3.23. The summed E-state index contributed by atoms with van der Waals surface area (Å²) >= 11 is 0. The van der Waals surface area contributed by atoms with E-state index in [4.69, 9.17) is 9.73 Å². The number of unbranched alkanes of at least 4 members (excludes halogenated alkanes) is 1. The van der Waals surface area contributed by atoms with Crippen LogP contribution in [0.5, 0.6) is 0 Å². The lowest BCUT2D eigenvalue weighted by atomic mass is 9.95. The molecule has 1 fully saturated rings. The zero-order valence-electron chi connectivity index (χ0n) is 14.9. The number of ether oxygens (including phenoxy) is 1. The molecule has 1 saturated carbocycles. The van der Waals surface area contributed by atoms with E-state index in [2.05, 4.69) is 17.6 Å². The second-order valence-corrected chi connectivity index (χ2v) is 6.29. The second-order valence-electron chi connectivity index (χ2n) is 6.29. The van der Waals surface area contributed by atoms with Crippen LogP contribution in [0.15, 0.2) is 29.3 Å². The summed E-state index contributed by atoms with van der Waals surface area (Å²) in [6, 6.07) is 7.09. The van der Waals surface area contributed by atoms with Gasteiger partial charge >= 0.3 is 0 Å². The minimum absolute atomic E-state index is 0.108. The number of hydrogen-bond acceptors (Lipinski definition) is 2. The monoisotopic (exact) mass is 335 g/mol. The largest absolute Gasteiger partial charge is 0.382 e. The molecule has 1 aromatic rings. The summed E-state index contributed by atoms with van der Waals surface area (Å²) in [6.07, 6.45) is 4.10. The molecule has 1 aliphatic carbocycles. The smallest absolute Gasteiger partial charge is 0.191 e. The van der Waals surface area contributed by atoms with E-state index in [1.165, 1.54) is 0 Å². The highest BCUT2D eigenvalue weighted by molar-refractivity contribution is 5.79. The van der Waals surface area contributed by atoms with E-state index < -0.39 is 0 Å². The number of rotatable bonds is 10. The molecule has 0 aromatic heterocycles. The molecule has 1 aliphatic rings. The maximum Gasteiger partial charge on any atom is 0.191 e. The predicted molar refractivity (Wildman–Crippen MR) is 97.0 cm³/mol. The Morgan fingerprint density at radius 3 is 2.67 bits per heavy atom. The van der Waals surface area contributed by atoms with Gasteiger partial charge in [-0.3, -0.25) is 4.99 Å². The van der Waals surface area contributed by atoms with Crippen LogP contribution in [-0.4, -0.2) is 38.8 Å². The van der Waals surface area contributed by atoms with E-state index in [1.54, 1.807) is 12.1 Å². The third-order valence-corrected chi connectivity index (χ3v) is 4.39. The fraction of sp³-hybridized carbons (Fsp3) is 0.632. The van der Waals surface area contributed by atoms with Crippen molar-refractivity contribution < 1.29 is 9.13 Å². The summed E-state index contributed by atoms with van der Waals surface area (Å²) in [7, 11) is 0. The molecule has 1 aromatic carbocycles. The Hall–Kier alpha value is -1.62. The Labute approximate surface area is 144 Å². The van der Waals surface area contributed by atoms with Gasteiger partial charge in [-0.1, -0.05) is 18.2 Å². The van der Waals surface area contributed by atoms with Gasteiger partial charge in [0.2, 0.25) is 0 Å². The number of nitrogens with zero attached hydrogens (tertiary/aromatic N) is 1. The normalized spacial score (nSPS) is 16.0. The van der Waals surface area contributed by atoms with Crippen LogP contribution in [0.2, 0.25) is 0 Å². The standard InChI is InChI=1S/C19H30FN3O/c1-3-21-18(22-13-7-8-14-24-4-2)23-15-19(11-12-19)16-9-5-6-10-17(16)20/h5-6,9-10H,3-4,7-8,11-15H2,1-2H3,(H2,21,22,23). The highest BCUT2D eigenvalue weighted by Crippen LogP contribution is 2.49. The molecule has 0 radical (unpaired) electrons. The first-order chi connectivity index (χ1) is 11.7. The van der Waals surface area contributed by atoms with Gasteiger partial charge in [-0.2, -0.15) is 0 Å². The lowest BCUT2D eigenvalue weighted by molar-refractivity contribution is 0.143. The highest BCUT2D eigenvalue weighted by atomic mass is 19.1. The topological polar surface area (TPSA) is 45.7 Å². The van der Waals surface area contributed by atoms with Gasteiger partial charge < -0.3 is 15.4 Å². The van der Waals surface area contributed by atoms with Crippen LogP contribution in [-0.2, 0) is 10.2 Å². The van der Waals surface area contributed by atoms with E-state index in [0.717, 1.165) is 63.5 Å². The van der Waals surface area contributed by atoms with E-state index in [-0.39, 0.29) is 11.2 Å². The average Bonchev–Trinajstić information content (AvgIpc) is 3.37. The highest BCUT2D eigenvalue weighted by Gasteiger charge is 2.45. The quantitative estimate of drug-likeness (QED) is 0.392. The van der Waals surface area contributed by atoms with E-state index in [9.17, 15) is 4.39 Å². The minimum Gasteiger partial charge on any atom is -0.382 e. The van der Waals surface area contributed by atoms with Crippen molar-refractivity contribution in [3.63, 3.8) is 0 Å². The molecule has 0 bridgehead atoms. The molecular weight excluding hydrogens is 305 g/mol. The fourth-order valence-electron chi connectivity index (χ4n) is 2.81. The van der Waals surface area contributed by atoms with Crippen molar-refractivity contribution in [3.05, 3.63) is 35.6 Å². The van der Waals surface area contributed by atoms with Gasteiger partial charge in [0.1, 0.15) is 5.82 Å². The zero-order valence-corrected chi connectivity index (χ0v) is 14.9. The van der Waals surface area contributed by atoms with Crippen molar-refractivity contribution in [3.8, 4) is 0 Å². The Morgan fingerprint density at radius 1 is 1.21 bits per heavy atom. The molecule has 134 valence electrons. The molecule has 0 heterocycles. The van der Waals surface area contributed by atoms with Gasteiger partial charge in [0.05, 0.1) is 6.54 Å². The lowest BCUT2D eigenvalue weighted by Crippen LogP contribution is -2.38. The third kappa shape index (κ3) is 5.48. The maximum atomic E-state index is 14.1. The van der Waals surface area contributed by atoms with Crippen molar-refractivity contribution in [1.82, 2.24) is 10.6 Å². The summed E-state index contributed by atoms with van der Waals surface area (Å²) in [4.78, 5) is 4.70. The lowest BCUT2D eigenvalue weighted by Gasteiger charge is -2.16. The Bertz CT molecular complexity index is 529. The molecule has 0 unspecified atom stereocenters. The molecule has 2 N–H and O–H groups in total. The van der Waals surface area contributed by atoms with Crippen LogP contribution in [0.25, 0.3) is 0 Å². The van der Waals surface area contributed by atoms with Crippen molar-refractivity contribution >= 4 is 5.96 Å². The molecule has 0 aliphatic heterocycles. The maximum absolute atomic E-state index is 14.1. The Morgan fingerprint density at radius 2 is 2.00 bits per heavy atom. The molecule has 4 nitrogen and oxygen atoms in total. The zero-order chi connectivity index (χ0) is 17.3. The van der Waals surface area contributed by atoms with Gasteiger partial charge in [0.25, 0.3) is 0 Å². The number of benzene rings is 1. The molecule has 0 amide bonds. The van der Waals surface area contributed by atoms with Crippen LogP contribution < -0.4 is 10.6 Å². The third-order valence-electron chi connectivity index (χ3n) is 4.39. The molecule has 24 heavy (non-hydrogen) atoms. The van der Waals surface area contributed by atoms with Gasteiger partial charge in [0, 0.05) is 31.7 Å². The first-order valence-electron chi connectivity index (χ1n) is 9.07. The summed E-state index contributed by atoms with van der Waals surface area (Å²) < 4.78 is 19.4. The van der Waals surface area contributed by atoms with E-state index in [1.807, 2.05) is 19.1 Å². The first kappa shape index (κ1) is 18.7. The second kappa shape index (κ2) is 9.62. The van der Waals surface area contributed by atoms with Gasteiger partial charge in [-0.15, -0.1) is 0 Å². The van der Waals surface area contributed by atoms with Crippen LogP contribution in [0.4, 0.5) is 4.39 Å². The Balaban J connectivity index is 1.85. The van der Waals surface area contributed by atoms with E-state index in [0.29, 0.717) is 6.54 Å². The molecule has 5 heteroatoms. The number of guanidine groups is 1. The molecule has 2 rings (SSSR count). The number of aliphatic imine (C=N–C) groups is 1.